The topological polar surface area (TPSA) is 39.7 Å². The summed E-state index contributed by atoms with van der Waals surface area (Å²) in [7, 11) is 1.88. The van der Waals surface area contributed by atoms with Crippen LogP contribution in [0.1, 0.15) is 6.92 Å². The summed E-state index contributed by atoms with van der Waals surface area (Å²) in [4.78, 5) is 0. The first kappa shape index (κ1) is 11.1. The summed E-state index contributed by atoms with van der Waals surface area (Å²) >= 11 is 0. The molecule has 1 aliphatic heterocycles. The van der Waals surface area contributed by atoms with Gasteiger partial charge in [0.1, 0.15) is 6.61 Å². The van der Waals surface area contributed by atoms with Crippen molar-refractivity contribution >= 4 is 5.69 Å². The molecule has 1 aliphatic rings. The molecule has 0 saturated heterocycles. The van der Waals surface area contributed by atoms with Crippen LogP contribution < -0.4 is 14.8 Å². The molecule has 2 rings (SSSR count). The number of hydrogen-bond acceptors (Lipinski definition) is 4. The summed E-state index contributed by atoms with van der Waals surface area (Å²) in [5.74, 6) is 1.58. The fourth-order valence-electron chi connectivity index (χ4n) is 1.60. The van der Waals surface area contributed by atoms with Crippen LogP contribution in [0.3, 0.4) is 0 Å². The van der Waals surface area contributed by atoms with E-state index in [0.29, 0.717) is 19.8 Å². The van der Waals surface area contributed by atoms with Gasteiger partial charge in [0.2, 0.25) is 0 Å². The highest BCUT2D eigenvalue weighted by molar-refractivity contribution is 5.54. The molecular weight excluding hydrogens is 206 g/mol. The number of ether oxygens (including phenoxy) is 3. The van der Waals surface area contributed by atoms with Crippen molar-refractivity contribution in [2.75, 3.05) is 32.2 Å². The lowest BCUT2D eigenvalue weighted by Gasteiger charge is -2.26. The summed E-state index contributed by atoms with van der Waals surface area (Å²) in [6.07, 6.45) is -0.0143. The van der Waals surface area contributed by atoms with Crippen LogP contribution in [0, 0.1) is 0 Å². The summed E-state index contributed by atoms with van der Waals surface area (Å²) in [5, 5.41) is 3.07. The second-order valence-corrected chi connectivity index (χ2v) is 3.62. The molecule has 4 nitrogen and oxygen atoms in total. The average molecular weight is 223 g/mol. The highest BCUT2D eigenvalue weighted by Crippen LogP contribution is 2.34. The van der Waals surface area contributed by atoms with E-state index in [2.05, 4.69) is 5.32 Å². The van der Waals surface area contributed by atoms with Crippen molar-refractivity contribution in [3.05, 3.63) is 18.2 Å². The van der Waals surface area contributed by atoms with Gasteiger partial charge in [-0.2, -0.15) is 0 Å². The van der Waals surface area contributed by atoms with E-state index in [1.54, 1.807) is 0 Å². The molecule has 0 aliphatic carbocycles. The van der Waals surface area contributed by atoms with Gasteiger partial charge in [-0.3, -0.25) is 0 Å². The predicted octanol–water partition coefficient (Wildman–Crippen LogP) is 1.90. The number of nitrogens with one attached hydrogen (secondary N) is 1. The number of benzene rings is 1. The number of fused-ring (bicyclic) bond motifs is 1. The van der Waals surface area contributed by atoms with Crippen molar-refractivity contribution in [1.82, 2.24) is 0 Å². The highest BCUT2D eigenvalue weighted by atomic mass is 16.6. The average Bonchev–Trinajstić information content (AvgIpc) is 2.35. The molecule has 0 amide bonds. The van der Waals surface area contributed by atoms with Gasteiger partial charge in [0.05, 0.1) is 6.61 Å². The Morgan fingerprint density at radius 2 is 2.31 bits per heavy atom. The Kier molecular flexibility index (Phi) is 3.51. The van der Waals surface area contributed by atoms with E-state index < -0.39 is 0 Å². The minimum absolute atomic E-state index is 0.0143. The van der Waals surface area contributed by atoms with Gasteiger partial charge in [-0.1, -0.05) is 0 Å². The largest absolute Gasteiger partial charge is 0.486 e. The Labute approximate surface area is 95.5 Å². The van der Waals surface area contributed by atoms with E-state index >= 15 is 0 Å². The van der Waals surface area contributed by atoms with Gasteiger partial charge in [0.25, 0.3) is 0 Å². The number of hydrogen-bond donors (Lipinski definition) is 1. The maximum atomic E-state index is 5.79. The van der Waals surface area contributed by atoms with Crippen molar-refractivity contribution < 1.29 is 14.2 Å². The molecule has 1 aromatic rings. The Morgan fingerprint density at radius 3 is 3.06 bits per heavy atom. The number of anilines is 1. The zero-order valence-corrected chi connectivity index (χ0v) is 9.66. The Hall–Kier alpha value is -1.42. The van der Waals surface area contributed by atoms with Crippen LogP contribution in [0.2, 0.25) is 0 Å². The van der Waals surface area contributed by atoms with Crippen molar-refractivity contribution in [1.29, 1.82) is 0 Å². The second kappa shape index (κ2) is 5.07. The van der Waals surface area contributed by atoms with E-state index in [-0.39, 0.29) is 6.10 Å². The zero-order valence-electron chi connectivity index (χ0n) is 9.66. The minimum atomic E-state index is -0.0143. The fourth-order valence-corrected chi connectivity index (χ4v) is 1.60. The molecule has 0 fully saturated rings. The van der Waals surface area contributed by atoms with E-state index in [4.69, 9.17) is 14.2 Å². The molecule has 0 aromatic heterocycles. The molecule has 0 saturated carbocycles. The Balaban J connectivity index is 2.06. The maximum absolute atomic E-state index is 5.79. The monoisotopic (exact) mass is 223 g/mol. The normalized spacial score (nSPS) is 18.2. The van der Waals surface area contributed by atoms with Gasteiger partial charge in [-0.15, -0.1) is 0 Å². The van der Waals surface area contributed by atoms with Crippen LogP contribution in [-0.2, 0) is 4.74 Å². The molecule has 16 heavy (non-hydrogen) atoms. The summed E-state index contributed by atoms with van der Waals surface area (Å²) in [6, 6.07) is 5.82. The molecular formula is C12H17NO3. The highest BCUT2D eigenvalue weighted by Gasteiger charge is 2.21. The molecule has 1 aromatic carbocycles. The first-order chi connectivity index (χ1) is 7.83. The second-order valence-electron chi connectivity index (χ2n) is 3.62. The van der Waals surface area contributed by atoms with Crippen LogP contribution in [0.25, 0.3) is 0 Å². The zero-order chi connectivity index (χ0) is 11.4. The maximum Gasteiger partial charge on any atom is 0.163 e. The first-order valence-corrected chi connectivity index (χ1v) is 5.52. The minimum Gasteiger partial charge on any atom is -0.486 e. The smallest absolute Gasteiger partial charge is 0.163 e. The molecule has 0 spiro atoms. The molecule has 1 heterocycles. The fraction of sp³-hybridized carbons (Fsp3) is 0.500. The van der Waals surface area contributed by atoms with E-state index in [1.807, 2.05) is 32.2 Å². The Bertz CT molecular complexity index is 354. The van der Waals surface area contributed by atoms with Gasteiger partial charge in [0, 0.05) is 25.4 Å². The molecule has 1 N–H and O–H groups in total. The van der Waals surface area contributed by atoms with Gasteiger partial charge < -0.3 is 19.5 Å². The van der Waals surface area contributed by atoms with Crippen LogP contribution in [0.15, 0.2) is 18.2 Å². The van der Waals surface area contributed by atoms with Crippen LogP contribution >= 0.6 is 0 Å². The molecule has 4 heteroatoms. The standard InChI is InChI=1S/C12H17NO3/c1-3-14-7-10-8-15-11-5-4-9(13-2)6-12(11)16-10/h4-6,10,13H,3,7-8H2,1-2H3. The summed E-state index contributed by atoms with van der Waals surface area (Å²) in [5.41, 5.74) is 1.01. The van der Waals surface area contributed by atoms with Crippen LogP contribution in [-0.4, -0.2) is 33.0 Å². The molecule has 88 valence electrons. The molecule has 0 bridgehead atoms. The number of rotatable bonds is 4. The SMILES string of the molecule is CCOCC1COc2ccc(NC)cc2O1. The van der Waals surface area contributed by atoms with Gasteiger partial charge in [-0.05, 0) is 19.1 Å². The quantitative estimate of drug-likeness (QED) is 0.846. The lowest BCUT2D eigenvalue weighted by molar-refractivity contribution is 0.0128. The third-order valence-electron chi connectivity index (χ3n) is 2.46. The van der Waals surface area contributed by atoms with Gasteiger partial charge in [0.15, 0.2) is 17.6 Å². The third kappa shape index (κ3) is 2.39. The molecule has 1 unspecified atom stereocenters. The van der Waals surface area contributed by atoms with Crippen molar-refractivity contribution in [3.8, 4) is 11.5 Å². The predicted molar refractivity (Wildman–Crippen MR) is 62.4 cm³/mol. The Morgan fingerprint density at radius 1 is 1.44 bits per heavy atom. The van der Waals surface area contributed by atoms with E-state index in [9.17, 15) is 0 Å². The van der Waals surface area contributed by atoms with Crippen molar-refractivity contribution in [3.63, 3.8) is 0 Å². The van der Waals surface area contributed by atoms with Crippen LogP contribution in [0.5, 0.6) is 11.5 Å². The van der Waals surface area contributed by atoms with Gasteiger partial charge in [-0.25, -0.2) is 0 Å². The van der Waals surface area contributed by atoms with Crippen LogP contribution in [0.4, 0.5) is 5.69 Å². The van der Waals surface area contributed by atoms with E-state index in [0.717, 1.165) is 17.2 Å². The molecule has 0 radical (unpaired) electrons. The van der Waals surface area contributed by atoms with Crippen molar-refractivity contribution in [2.45, 2.75) is 13.0 Å². The first-order valence-electron chi connectivity index (χ1n) is 5.52. The summed E-state index contributed by atoms with van der Waals surface area (Å²) < 4.78 is 16.7. The summed E-state index contributed by atoms with van der Waals surface area (Å²) in [6.45, 7) is 3.78. The van der Waals surface area contributed by atoms with Crippen molar-refractivity contribution in [2.24, 2.45) is 0 Å². The van der Waals surface area contributed by atoms with E-state index in [1.165, 1.54) is 0 Å². The lowest BCUT2D eigenvalue weighted by Crippen LogP contribution is -2.33. The lowest BCUT2D eigenvalue weighted by atomic mass is 10.2. The van der Waals surface area contributed by atoms with Gasteiger partial charge >= 0.3 is 0 Å². The molecule has 1 atom stereocenters. The third-order valence-corrected chi connectivity index (χ3v) is 2.46.